The normalized spacial score (nSPS) is 13.1. The third-order valence-electron chi connectivity index (χ3n) is 5.58. The zero-order chi connectivity index (χ0) is 23.5. The van der Waals surface area contributed by atoms with Crippen LogP contribution < -0.4 is 5.32 Å². The Bertz CT molecular complexity index is 1400. The van der Waals surface area contributed by atoms with Crippen LogP contribution in [0.2, 0.25) is 0 Å². The molecule has 2 N–H and O–H groups in total. The van der Waals surface area contributed by atoms with E-state index in [2.05, 4.69) is 48.1 Å². The molecule has 34 heavy (non-hydrogen) atoms. The van der Waals surface area contributed by atoms with Crippen molar-refractivity contribution >= 4 is 34.7 Å². The molecule has 7 nitrogen and oxygen atoms in total. The minimum absolute atomic E-state index is 0.0393. The number of hydrogen-bond donors (Lipinski definition) is 2. The highest BCUT2D eigenvalue weighted by Crippen LogP contribution is 2.36. The fraction of sp³-hybridized carbons (Fsp3) is 0.208. The maximum atomic E-state index is 14.9. The fourth-order valence-electron chi connectivity index (χ4n) is 3.61. The molecule has 1 aliphatic carbocycles. The van der Waals surface area contributed by atoms with Crippen LogP contribution in [0, 0.1) is 17.7 Å². The van der Waals surface area contributed by atoms with E-state index in [1.165, 1.54) is 37.1 Å². The number of halogens is 1. The molecule has 0 radical (unpaired) electrons. The van der Waals surface area contributed by atoms with Crippen molar-refractivity contribution in [2.45, 2.75) is 30.1 Å². The zero-order valence-electron chi connectivity index (χ0n) is 18.1. The number of aromatic amines is 1. The van der Waals surface area contributed by atoms with Crippen LogP contribution in [0.15, 0.2) is 46.7 Å². The number of thioether (sulfide) groups is 1. The van der Waals surface area contributed by atoms with Crippen LogP contribution >= 0.6 is 23.1 Å². The van der Waals surface area contributed by atoms with Crippen LogP contribution in [-0.2, 0) is 0 Å². The Kier molecular flexibility index (Phi) is 6.38. The first-order valence-electron chi connectivity index (χ1n) is 10.6. The number of benzene rings is 2. The summed E-state index contributed by atoms with van der Waals surface area (Å²) < 4.78 is 14.9. The van der Waals surface area contributed by atoms with Gasteiger partial charge in [-0.25, -0.2) is 9.37 Å². The molecular weight excluding hydrogens is 471 g/mol. The van der Waals surface area contributed by atoms with Crippen LogP contribution in [-0.4, -0.2) is 37.8 Å². The first-order valence-corrected chi connectivity index (χ1v) is 12.7. The summed E-state index contributed by atoms with van der Waals surface area (Å²) in [5, 5.41) is 19.2. The van der Waals surface area contributed by atoms with Crippen LogP contribution in [0.4, 0.5) is 10.1 Å². The monoisotopic (exact) mass is 490 g/mol. The fourth-order valence-corrected chi connectivity index (χ4v) is 4.99. The van der Waals surface area contributed by atoms with E-state index in [0.29, 0.717) is 22.1 Å². The van der Waals surface area contributed by atoms with Crippen molar-refractivity contribution in [3.63, 3.8) is 0 Å². The Balaban J connectivity index is 1.34. The number of tetrazole rings is 1. The Morgan fingerprint density at radius 1 is 1.26 bits per heavy atom. The first-order chi connectivity index (χ1) is 16.6. The van der Waals surface area contributed by atoms with E-state index in [4.69, 9.17) is 0 Å². The predicted molar refractivity (Wildman–Crippen MR) is 130 cm³/mol. The molecule has 1 aliphatic rings. The molecule has 1 amide bonds. The number of H-pyrrole nitrogens is 1. The summed E-state index contributed by atoms with van der Waals surface area (Å²) in [6.45, 7) is 0. The molecule has 0 saturated heterocycles. The summed E-state index contributed by atoms with van der Waals surface area (Å²) in [5.74, 6) is 5.84. The van der Waals surface area contributed by atoms with Gasteiger partial charge >= 0.3 is 0 Å². The molecule has 170 valence electrons. The van der Waals surface area contributed by atoms with Crippen molar-refractivity contribution in [2.24, 2.45) is 0 Å². The lowest BCUT2D eigenvalue weighted by Crippen LogP contribution is -2.15. The van der Waals surface area contributed by atoms with E-state index in [1.807, 2.05) is 6.07 Å². The summed E-state index contributed by atoms with van der Waals surface area (Å²) in [6, 6.07) is 10.1. The standard InChI is InChI=1S/C24H19FN6OS2/c1-33-20-12-16(23-28-30-31-29-23)11-18(25)22(20)24(32)26-17-7-2-4-14(10-17)8-9-21-27-19(13-34-21)15-5-3-6-15/h2,4,7,10-13,15H,3,5-6H2,1H3,(H,26,32)(H,28,29,30,31). The molecule has 10 heteroatoms. The topological polar surface area (TPSA) is 96.5 Å². The highest BCUT2D eigenvalue weighted by Gasteiger charge is 2.22. The van der Waals surface area contributed by atoms with E-state index in [9.17, 15) is 9.18 Å². The molecule has 0 bridgehead atoms. The van der Waals surface area contributed by atoms with Gasteiger partial charge in [-0.05, 0) is 60.6 Å². The average Bonchev–Trinajstić information content (AvgIpc) is 3.49. The summed E-state index contributed by atoms with van der Waals surface area (Å²) in [4.78, 5) is 18.0. The van der Waals surface area contributed by atoms with Crippen molar-refractivity contribution < 1.29 is 9.18 Å². The lowest BCUT2D eigenvalue weighted by Gasteiger charge is -2.22. The summed E-state index contributed by atoms with van der Waals surface area (Å²) >= 11 is 2.81. The van der Waals surface area contributed by atoms with Gasteiger partial charge in [0, 0.05) is 33.0 Å². The predicted octanol–water partition coefficient (Wildman–Crippen LogP) is 5.10. The van der Waals surface area contributed by atoms with Crippen molar-refractivity contribution in [3.05, 3.63) is 69.4 Å². The van der Waals surface area contributed by atoms with Gasteiger partial charge in [0.1, 0.15) is 5.82 Å². The second-order valence-electron chi connectivity index (χ2n) is 7.76. The second-order valence-corrected chi connectivity index (χ2v) is 9.47. The SMILES string of the molecule is CSc1cc(-c2nn[nH]n2)cc(F)c1C(=O)Nc1cccc(C#Cc2nc(C3CCC3)cs2)c1. The number of rotatable bonds is 5. The Hall–Kier alpha value is -3.55. The van der Waals surface area contributed by atoms with Crippen LogP contribution in [0.5, 0.6) is 0 Å². The number of nitrogens with one attached hydrogen (secondary N) is 2. The van der Waals surface area contributed by atoms with Gasteiger partial charge in [-0.15, -0.1) is 33.3 Å². The summed E-state index contributed by atoms with van der Waals surface area (Å²) in [6.07, 6.45) is 5.46. The van der Waals surface area contributed by atoms with Gasteiger partial charge in [-0.3, -0.25) is 4.79 Å². The van der Waals surface area contributed by atoms with Gasteiger partial charge in [0.15, 0.2) is 5.01 Å². The quantitative estimate of drug-likeness (QED) is 0.298. The number of nitrogens with zero attached hydrogens (tertiary/aromatic N) is 4. The molecule has 2 heterocycles. The van der Waals surface area contributed by atoms with E-state index in [-0.39, 0.29) is 11.4 Å². The van der Waals surface area contributed by atoms with E-state index in [0.717, 1.165) is 16.3 Å². The summed E-state index contributed by atoms with van der Waals surface area (Å²) in [5.41, 5.74) is 2.80. The second kappa shape index (κ2) is 9.75. The number of carbonyl (C=O) groups is 1. The lowest BCUT2D eigenvalue weighted by atomic mass is 9.83. The summed E-state index contributed by atoms with van der Waals surface area (Å²) in [7, 11) is 0. The van der Waals surface area contributed by atoms with Crippen molar-refractivity contribution in [3.8, 4) is 23.2 Å². The van der Waals surface area contributed by atoms with Crippen molar-refractivity contribution in [1.29, 1.82) is 0 Å². The lowest BCUT2D eigenvalue weighted by molar-refractivity contribution is 0.102. The van der Waals surface area contributed by atoms with Crippen LogP contribution in [0.1, 0.15) is 51.8 Å². The average molecular weight is 491 g/mol. The van der Waals surface area contributed by atoms with Gasteiger partial charge in [0.05, 0.1) is 11.3 Å². The first kappa shape index (κ1) is 22.3. The highest BCUT2D eigenvalue weighted by molar-refractivity contribution is 7.98. The molecule has 0 aliphatic heterocycles. The van der Waals surface area contributed by atoms with Gasteiger partial charge < -0.3 is 5.32 Å². The molecule has 4 aromatic rings. The van der Waals surface area contributed by atoms with E-state index in [1.54, 1.807) is 41.9 Å². The van der Waals surface area contributed by atoms with Gasteiger partial charge in [0.2, 0.25) is 5.82 Å². The highest BCUT2D eigenvalue weighted by atomic mass is 32.2. The number of carbonyl (C=O) groups excluding carboxylic acids is 1. The van der Waals surface area contributed by atoms with Crippen molar-refractivity contribution in [2.75, 3.05) is 11.6 Å². The van der Waals surface area contributed by atoms with Gasteiger partial charge in [-0.2, -0.15) is 5.21 Å². The number of amides is 1. The molecule has 1 saturated carbocycles. The Morgan fingerprint density at radius 3 is 2.88 bits per heavy atom. The van der Waals surface area contributed by atoms with Gasteiger partial charge in [-0.1, -0.05) is 18.4 Å². The third kappa shape index (κ3) is 4.71. The Labute approximate surface area is 203 Å². The molecule has 0 spiro atoms. The van der Waals surface area contributed by atoms with Gasteiger partial charge in [0.25, 0.3) is 5.91 Å². The smallest absolute Gasteiger partial charge is 0.259 e. The minimum atomic E-state index is -0.661. The molecule has 5 rings (SSSR count). The van der Waals surface area contributed by atoms with Crippen molar-refractivity contribution in [1.82, 2.24) is 25.6 Å². The molecule has 0 atom stereocenters. The molecule has 2 aromatic carbocycles. The number of aromatic nitrogens is 5. The third-order valence-corrected chi connectivity index (χ3v) is 7.12. The van der Waals surface area contributed by atoms with Crippen LogP contribution in [0.3, 0.4) is 0 Å². The van der Waals surface area contributed by atoms with E-state index >= 15 is 0 Å². The van der Waals surface area contributed by atoms with E-state index < -0.39 is 11.7 Å². The number of thiazole rings is 1. The molecule has 0 unspecified atom stereocenters. The van der Waals surface area contributed by atoms with Crippen LogP contribution in [0.25, 0.3) is 11.4 Å². The largest absolute Gasteiger partial charge is 0.322 e. The number of hydrogen-bond acceptors (Lipinski definition) is 7. The maximum absolute atomic E-state index is 14.9. The maximum Gasteiger partial charge on any atom is 0.259 e. The number of anilines is 1. The Morgan fingerprint density at radius 2 is 2.15 bits per heavy atom. The zero-order valence-corrected chi connectivity index (χ0v) is 19.8. The molecule has 2 aromatic heterocycles. The molecular formula is C24H19FN6OS2. The molecule has 1 fully saturated rings. The minimum Gasteiger partial charge on any atom is -0.322 e.